The molecule has 9 rings (SSSR count). The quantitative estimate of drug-likeness (QED) is 0.179. The van der Waals surface area contributed by atoms with Gasteiger partial charge >= 0.3 is 0 Å². The molecule has 7 aromatic carbocycles. The van der Waals surface area contributed by atoms with Crippen LogP contribution < -0.4 is 25.5 Å². The molecule has 2 heterocycles. The number of nitrogens with zero attached hydrogens (tertiary/aromatic N) is 1. The largest absolute Gasteiger partial charge is 0.457 e. The molecule has 0 fully saturated rings. The number of hydrogen-bond acceptors (Lipinski definition) is 1. The molecular formula is C42H28ClNOSi. The van der Waals surface area contributed by atoms with Gasteiger partial charge in [-0.1, -0.05) is 139 Å². The van der Waals surface area contributed by atoms with Crippen LogP contribution in [0.25, 0.3) is 38.6 Å². The first kappa shape index (κ1) is 27.0. The third-order valence-electron chi connectivity index (χ3n) is 9.42. The molecule has 0 amide bonds. The van der Waals surface area contributed by atoms with E-state index in [4.69, 9.17) is 16.3 Å². The molecule has 0 aliphatic carbocycles. The van der Waals surface area contributed by atoms with Crippen LogP contribution in [0.4, 0.5) is 0 Å². The molecule has 1 aromatic heterocycles. The van der Waals surface area contributed by atoms with Crippen molar-refractivity contribution in [1.82, 2.24) is 4.57 Å². The highest BCUT2D eigenvalue weighted by Gasteiger charge is 2.48. The Morgan fingerprint density at radius 3 is 1.70 bits per heavy atom. The first-order valence-corrected chi connectivity index (χ1v) is 17.9. The monoisotopic (exact) mass is 625 g/mol. The molecular weight excluding hydrogens is 598 g/mol. The van der Waals surface area contributed by atoms with Crippen molar-refractivity contribution in [2.24, 2.45) is 0 Å². The van der Waals surface area contributed by atoms with Crippen LogP contribution in [0.3, 0.4) is 0 Å². The average Bonchev–Trinajstić information content (AvgIpc) is 3.45. The van der Waals surface area contributed by atoms with E-state index in [1.807, 2.05) is 12.1 Å². The summed E-state index contributed by atoms with van der Waals surface area (Å²) in [6.45, 7) is 0. The third kappa shape index (κ3) is 4.03. The van der Waals surface area contributed by atoms with Gasteiger partial charge in [0.1, 0.15) is 11.5 Å². The molecule has 1 atom stereocenters. The van der Waals surface area contributed by atoms with Crippen molar-refractivity contribution in [3.8, 4) is 28.3 Å². The molecule has 0 bridgehead atoms. The highest BCUT2D eigenvalue weighted by Crippen LogP contribution is 2.34. The van der Waals surface area contributed by atoms with E-state index in [9.17, 15) is 0 Å². The predicted molar refractivity (Wildman–Crippen MR) is 195 cm³/mol. The Bertz CT molecular complexity index is 2340. The summed E-state index contributed by atoms with van der Waals surface area (Å²) in [5, 5.41) is 8.23. The fourth-order valence-corrected chi connectivity index (χ4v) is 12.5. The zero-order valence-corrected chi connectivity index (χ0v) is 26.7. The Morgan fingerprint density at radius 2 is 1.00 bits per heavy atom. The van der Waals surface area contributed by atoms with E-state index in [0.29, 0.717) is 5.02 Å². The summed E-state index contributed by atoms with van der Waals surface area (Å²) in [5.41, 5.74) is 5.96. The first-order chi connectivity index (χ1) is 22.7. The minimum atomic E-state index is -2.83. The molecule has 1 unspecified atom stereocenters. The summed E-state index contributed by atoms with van der Waals surface area (Å²) in [6, 6.07) is 61.0. The zero-order chi connectivity index (χ0) is 30.7. The predicted octanol–water partition coefficient (Wildman–Crippen LogP) is 8.59. The van der Waals surface area contributed by atoms with E-state index in [2.05, 4.69) is 162 Å². The van der Waals surface area contributed by atoms with Crippen molar-refractivity contribution in [3.05, 3.63) is 175 Å². The van der Waals surface area contributed by atoms with Gasteiger partial charge in [-0.25, -0.2) is 0 Å². The number of hydrogen-bond donors (Lipinski definition) is 0. The van der Waals surface area contributed by atoms with Crippen molar-refractivity contribution >= 4 is 62.2 Å². The van der Waals surface area contributed by atoms with E-state index in [1.165, 1.54) is 53.7 Å². The normalized spacial score (nSPS) is 15.3. The van der Waals surface area contributed by atoms with Crippen LogP contribution in [-0.2, 0) is 0 Å². The Labute approximate surface area is 273 Å². The molecule has 2 nitrogen and oxygen atoms in total. The van der Waals surface area contributed by atoms with Crippen LogP contribution in [0, 0.1) is 0 Å². The number of para-hydroxylation sites is 3. The molecule has 1 aliphatic heterocycles. The van der Waals surface area contributed by atoms with Gasteiger partial charge in [-0.05, 0) is 74.3 Å². The number of aromatic nitrogens is 1. The molecule has 0 N–H and O–H groups in total. The lowest BCUT2D eigenvalue weighted by Gasteiger charge is -2.39. The van der Waals surface area contributed by atoms with E-state index in [0.717, 1.165) is 17.2 Å². The SMILES string of the molecule is Clc1ccc2c(c1)Oc1ccccc1[Si]2(c1ccc(-c2ccccc2)cc1)c1ccc(-n2c3ccccc3c3ccccc32)cc1. The second-order valence-electron chi connectivity index (χ2n) is 11.8. The smallest absolute Gasteiger partial charge is 0.188 e. The van der Waals surface area contributed by atoms with E-state index in [-0.39, 0.29) is 0 Å². The van der Waals surface area contributed by atoms with Crippen LogP contribution in [0.5, 0.6) is 11.5 Å². The maximum Gasteiger partial charge on any atom is 0.188 e. The van der Waals surface area contributed by atoms with Crippen LogP contribution >= 0.6 is 11.6 Å². The highest BCUT2D eigenvalue weighted by atomic mass is 35.5. The summed E-state index contributed by atoms with van der Waals surface area (Å²) in [7, 11) is -2.83. The lowest BCUT2D eigenvalue weighted by molar-refractivity contribution is 0.487. The maximum atomic E-state index is 6.58. The van der Waals surface area contributed by atoms with E-state index >= 15 is 0 Å². The average molecular weight is 626 g/mol. The zero-order valence-electron chi connectivity index (χ0n) is 24.9. The summed E-state index contributed by atoms with van der Waals surface area (Å²) < 4.78 is 8.95. The van der Waals surface area contributed by atoms with Crippen molar-refractivity contribution < 1.29 is 4.74 Å². The van der Waals surface area contributed by atoms with Gasteiger partial charge in [0, 0.05) is 21.5 Å². The second kappa shape index (κ2) is 10.6. The Kier molecular flexibility index (Phi) is 6.24. The Morgan fingerprint density at radius 1 is 0.457 bits per heavy atom. The summed E-state index contributed by atoms with van der Waals surface area (Å²) in [6.07, 6.45) is 0. The second-order valence-corrected chi connectivity index (χ2v) is 16.0. The molecule has 0 saturated heterocycles. The van der Waals surface area contributed by atoms with Crippen LogP contribution in [0.1, 0.15) is 0 Å². The van der Waals surface area contributed by atoms with Gasteiger partial charge in [0.05, 0.1) is 11.0 Å². The topological polar surface area (TPSA) is 14.2 Å². The molecule has 0 saturated carbocycles. The van der Waals surface area contributed by atoms with Crippen molar-refractivity contribution in [2.45, 2.75) is 0 Å². The fourth-order valence-electron chi connectivity index (χ4n) is 7.41. The summed E-state index contributed by atoms with van der Waals surface area (Å²) in [4.78, 5) is 0. The number of ether oxygens (including phenoxy) is 1. The van der Waals surface area contributed by atoms with Crippen molar-refractivity contribution in [1.29, 1.82) is 0 Å². The third-order valence-corrected chi connectivity index (χ3v) is 14.5. The lowest BCUT2D eigenvalue weighted by Crippen LogP contribution is -2.76. The van der Waals surface area contributed by atoms with Crippen LogP contribution in [0.15, 0.2) is 170 Å². The first-order valence-electron chi connectivity index (χ1n) is 15.5. The van der Waals surface area contributed by atoms with Crippen LogP contribution in [0.2, 0.25) is 5.02 Å². The van der Waals surface area contributed by atoms with Crippen LogP contribution in [-0.4, -0.2) is 12.6 Å². The summed E-state index contributed by atoms with van der Waals surface area (Å²) in [5.74, 6) is 1.72. The molecule has 46 heavy (non-hydrogen) atoms. The van der Waals surface area contributed by atoms with Gasteiger partial charge in [-0.3, -0.25) is 0 Å². The highest BCUT2D eigenvalue weighted by molar-refractivity contribution is 7.20. The molecule has 218 valence electrons. The van der Waals surface area contributed by atoms with E-state index < -0.39 is 8.07 Å². The van der Waals surface area contributed by atoms with Gasteiger partial charge in [-0.2, -0.15) is 0 Å². The molecule has 0 radical (unpaired) electrons. The Balaban J connectivity index is 1.29. The molecule has 1 aliphatic rings. The van der Waals surface area contributed by atoms with Gasteiger partial charge in [0.2, 0.25) is 0 Å². The fraction of sp³-hybridized carbons (Fsp3) is 0. The van der Waals surface area contributed by atoms with Gasteiger partial charge in [0.15, 0.2) is 8.07 Å². The van der Waals surface area contributed by atoms with Gasteiger partial charge < -0.3 is 9.30 Å². The molecule has 4 heteroatoms. The lowest BCUT2D eigenvalue weighted by atomic mass is 10.1. The summed E-state index contributed by atoms with van der Waals surface area (Å²) >= 11 is 6.58. The number of benzene rings is 7. The van der Waals surface area contributed by atoms with E-state index in [1.54, 1.807) is 0 Å². The Hall–Kier alpha value is -5.35. The van der Waals surface area contributed by atoms with Gasteiger partial charge in [0.25, 0.3) is 0 Å². The molecule has 0 spiro atoms. The minimum absolute atomic E-state index is 0.669. The molecule has 8 aromatic rings. The number of fused-ring (bicyclic) bond motifs is 5. The number of halogens is 1. The maximum absolute atomic E-state index is 6.58. The standard InChI is InChI=1S/C42H28ClNOSi/c43-31-20-27-42-40(28-31)45-39-16-8-9-17-41(39)46(42,33-23-18-30(19-24-33)29-10-2-1-3-11-29)34-25-21-32(22-26-34)44-37-14-6-4-12-35(37)36-13-5-7-15-38(36)44/h1-28H. The number of rotatable bonds is 4. The minimum Gasteiger partial charge on any atom is -0.457 e. The van der Waals surface area contributed by atoms with Gasteiger partial charge in [-0.15, -0.1) is 0 Å². The van der Waals surface area contributed by atoms with Crippen molar-refractivity contribution in [2.75, 3.05) is 0 Å². The van der Waals surface area contributed by atoms with Crippen molar-refractivity contribution in [3.63, 3.8) is 0 Å².